The molecule has 1 aromatic rings. The average molecular weight is 296 g/mol. The molecule has 0 saturated carbocycles. The summed E-state index contributed by atoms with van der Waals surface area (Å²) in [5.41, 5.74) is 0.218. The molecule has 2 rings (SSSR count). The van der Waals surface area contributed by atoms with Crippen LogP contribution in [0.15, 0.2) is 18.2 Å². The van der Waals surface area contributed by atoms with Crippen molar-refractivity contribution in [1.82, 2.24) is 4.90 Å². The first-order chi connectivity index (χ1) is 9.95. The smallest absolute Gasteiger partial charge is 0.304 e. The summed E-state index contributed by atoms with van der Waals surface area (Å²) in [6, 6.07) is 3.39. The number of rotatable bonds is 5. The van der Waals surface area contributed by atoms with E-state index in [0.29, 0.717) is 12.1 Å². The zero-order valence-corrected chi connectivity index (χ0v) is 11.5. The molecule has 6 nitrogen and oxygen atoms in total. The maximum absolute atomic E-state index is 13.4. The minimum atomic E-state index is -0.864. The number of likely N-dealkylation sites (tertiary alicyclic amines) is 1. The van der Waals surface area contributed by atoms with E-state index in [2.05, 4.69) is 0 Å². The number of halogens is 1. The highest BCUT2D eigenvalue weighted by molar-refractivity contribution is 5.67. The highest BCUT2D eigenvalue weighted by Gasteiger charge is 2.25. The van der Waals surface area contributed by atoms with Crippen molar-refractivity contribution in [3.05, 3.63) is 39.7 Å². The van der Waals surface area contributed by atoms with Crippen molar-refractivity contribution < 1.29 is 19.2 Å². The fourth-order valence-electron chi connectivity index (χ4n) is 2.77. The van der Waals surface area contributed by atoms with Gasteiger partial charge < -0.3 is 5.11 Å². The maximum Gasteiger partial charge on any atom is 0.304 e. The zero-order chi connectivity index (χ0) is 15.4. The molecule has 0 aliphatic carbocycles. The summed E-state index contributed by atoms with van der Waals surface area (Å²) in [5, 5.41) is 19.7. The van der Waals surface area contributed by atoms with Crippen molar-refractivity contribution in [3.63, 3.8) is 0 Å². The van der Waals surface area contributed by atoms with Crippen molar-refractivity contribution in [2.45, 2.75) is 38.3 Å². The number of nitro benzene ring substituents is 1. The Kier molecular flexibility index (Phi) is 4.85. The molecule has 1 aliphatic heterocycles. The van der Waals surface area contributed by atoms with Crippen molar-refractivity contribution in [2.24, 2.45) is 0 Å². The number of piperidine rings is 1. The Balaban J connectivity index is 2.15. The summed E-state index contributed by atoms with van der Waals surface area (Å²) in [6.07, 6.45) is 2.74. The SMILES string of the molecule is O=C(O)CC1CCCCN1Cc1cc(F)cc([N+](=O)[O-])c1. The second-order valence-corrected chi connectivity index (χ2v) is 5.29. The van der Waals surface area contributed by atoms with Gasteiger partial charge in [-0.05, 0) is 31.0 Å². The first kappa shape index (κ1) is 15.4. The van der Waals surface area contributed by atoms with Crippen molar-refractivity contribution in [3.8, 4) is 0 Å². The van der Waals surface area contributed by atoms with Gasteiger partial charge in [0.15, 0.2) is 0 Å². The number of aliphatic carboxylic acids is 1. The van der Waals surface area contributed by atoms with Crippen LogP contribution in [0.1, 0.15) is 31.2 Å². The Morgan fingerprint density at radius 2 is 2.19 bits per heavy atom. The van der Waals surface area contributed by atoms with E-state index in [1.165, 1.54) is 12.1 Å². The van der Waals surface area contributed by atoms with Crippen LogP contribution in [0, 0.1) is 15.9 Å². The highest BCUT2D eigenvalue weighted by Crippen LogP contribution is 2.24. The molecule has 1 aliphatic rings. The van der Waals surface area contributed by atoms with Crippen LogP contribution in [0.5, 0.6) is 0 Å². The predicted octanol–water partition coefficient (Wildman–Crippen LogP) is 2.56. The molecule has 7 heteroatoms. The second-order valence-electron chi connectivity index (χ2n) is 5.29. The number of hydrogen-bond acceptors (Lipinski definition) is 4. The van der Waals surface area contributed by atoms with Gasteiger partial charge in [0.25, 0.3) is 5.69 Å². The number of hydrogen-bond donors (Lipinski definition) is 1. The molecule has 1 N–H and O–H groups in total. The van der Waals surface area contributed by atoms with Gasteiger partial charge in [0.05, 0.1) is 17.4 Å². The molecule has 1 atom stereocenters. The monoisotopic (exact) mass is 296 g/mol. The third-order valence-corrected chi connectivity index (χ3v) is 3.70. The lowest BCUT2D eigenvalue weighted by molar-refractivity contribution is -0.385. The van der Waals surface area contributed by atoms with Crippen molar-refractivity contribution >= 4 is 11.7 Å². The molecule has 1 aromatic carbocycles. The van der Waals surface area contributed by atoms with E-state index in [4.69, 9.17) is 5.11 Å². The summed E-state index contributed by atoms with van der Waals surface area (Å²) in [6.45, 7) is 1.05. The molecule has 1 heterocycles. The van der Waals surface area contributed by atoms with Crippen LogP contribution in [-0.2, 0) is 11.3 Å². The zero-order valence-electron chi connectivity index (χ0n) is 11.5. The van der Waals surface area contributed by atoms with Crippen LogP contribution >= 0.6 is 0 Å². The first-order valence-electron chi connectivity index (χ1n) is 6.85. The molecular formula is C14H17FN2O4. The summed E-state index contributed by atoms with van der Waals surface area (Å²) >= 11 is 0. The Hall–Kier alpha value is -2.02. The van der Waals surface area contributed by atoms with Gasteiger partial charge in [-0.25, -0.2) is 4.39 Å². The number of nitrogens with zero attached hydrogens (tertiary/aromatic N) is 2. The fourth-order valence-corrected chi connectivity index (χ4v) is 2.77. The van der Waals surface area contributed by atoms with Crippen molar-refractivity contribution in [2.75, 3.05) is 6.54 Å². The number of benzene rings is 1. The Bertz CT molecular complexity index is 550. The maximum atomic E-state index is 13.4. The van der Waals surface area contributed by atoms with E-state index in [1.807, 2.05) is 4.90 Å². The number of non-ortho nitro benzene ring substituents is 1. The minimum Gasteiger partial charge on any atom is -0.481 e. The number of carbonyl (C=O) groups is 1. The normalized spacial score (nSPS) is 19.4. The molecule has 0 bridgehead atoms. The first-order valence-corrected chi connectivity index (χ1v) is 6.85. The summed E-state index contributed by atoms with van der Waals surface area (Å²) in [4.78, 5) is 23.0. The molecule has 114 valence electrons. The topological polar surface area (TPSA) is 83.7 Å². The largest absolute Gasteiger partial charge is 0.481 e. The fraction of sp³-hybridized carbons (Fsp3) is 0.500. The average Bonchev–Trinajstić information content (AvgIpc) is 2.39. The summed E-state index contributed by atoms with van der Waals surface area (Å²) in [7, 11) is 0. The van der Waals surface area contributed by atoms with Gasteiger partial charge in [-0.15, -0.1) is 0 Å². The molecule has 0 radical (unpaired) electrons. The molecule has 0 spiro atoms. The van der Waals surface area contributed by atoms with E-state index in [-0.39, 0.29) is 18.2 Å². The van der Waals surface area contributed by atoms with Gasteiger partial charge in [-0.1, -0.05) is 6.42 Å². The third kappa shape index (κ3) is 4.22. The van der Waals surface area contributed by atoms with Crippen LogP contribution in [-0.4, -0.2) is 33.5 Å². The van der Waals surface area contributed by atoms with Gasteiger partial charge in [0, 0.05) is 18.7 Å². The number of nitro groups is 1. The molecule has 0 amide bonds. The molecular weight excluding hydrogens is 279 g/mol. The minimum absolute atomic E-state index is 0.0391. The lowest BCUT2D eigenvalue weighted by Crippen LogP contribution is -2.40. The van der Waals surface area contributed by atoms with Crippen LogP contribution in [0.25, 0.3) is 0 Å². The Morgan fingerprint density at radius 3 is 2.86 bits per heavy atom. The number of carboxylic acid groups (broad SMARTS) is 1. The molecule has 1 unspecified atom stereocenters. The quantitative estimate of drug-likeness (QED) is 0.667. The molecule has 21 heavy (non-hydrogen) atoms. The van der Waals surface area contributed by atoms with Crippen LogP contribution in [0.4, 0.5) is 10.1 Å². The third-order valence-electron chi connectivity index (χ3n) is 3.70. The Labute approximate surface area is 121 Å². The van der Waals surface area contributed by atoms with Gasteiger partial charge in [-0.2, -0.15) is 0 Å². The van der Waals surface area contributed by atoms with E-state index < -0.39 is 16.7 Å². The molecule has 1 saturated heterocycles. The van der Waals surface area contributed by atoms with Crippen LogP contribution < -0.4 is 0 Å². The van der Waals surface area contributed by atoms with E-state index in [9.17, 15) is 19.3 Å². The van der Waals surface area contributed by atoms with Gasteiger partial charge in [-0.3, -0.25) is 19.8 Å². The lowest BCUT2D eigenvalue weighted by Gasteiger charge is -2.34. The van der Waals surface area contributed by atoms with E-state index in [0.717, 1.165) is 31.9 Å². The Morgan fingerprint density at radius 1 is 1.43 bits per heavy atom. The molecule has 1 fully saturated rings. The summed E-state index contributed by atoms with van der Waals surface area (Å²) < 4.78 is 13.4. The predicted molar refractivity (Wildman–Crippen MR) is 73.4 cm³/mol. The number of carboxylic acids is 1. The molecule has 0 aromatic heterocycles. The van der Waals surface area contributed by atoms with E-state index in [1.54, 1.807) is 0 Å². The van der Waals surface area contributed by atoms with Crippen LogP contribution in [0.2, 0.25) is 0 Å². The van der Waals surface area contributed by atoms with Gasteiger partial charge >= 0.3 is 5.97 Å². The lowest BCUT2D eigenvalue weighted by atomic mass is 9.98. The standard InChI is InChI=1S/C14H17FN2O4/c15-11-5-10(6-13(7-11)17(20)21)9-16-4-2-1-3-12(16)8-14(18)19/h5-7,12H,1-4,8-9H2,(H,18,19). The van der Waals surface area contributed by atoms with Crippen LogP contribution in [0.3, 0.4) is 0 Å². The van der Waals surface area contributed by atoms with E-state index >= 15 is 0 Å². The van der Waals surface area contributed by atoms with Gasteiger partial charge in [0.2, 0.25) is 0 Å². The summed E-state index contributed by atoms with van der Waals surface area (Å²) in [5.74, 6) is -1.51. The van der Waals surface area contributed by atoms with Gasteiger partial charge in [0.1, 0.15) is 5.82 Å². The highest BCUT2D eigenvalue weighted by atomic mass is 19.1. The second kappa shape index (κ2) is 6.62. The van der Waals surface area contributed by atoms with Crippen molar-refractivity contribution in [1.29, 1.82) is 0 Å².